The van der Waals surface area contributed by atoms with E-state index in [9.17, 15) is 9.59 Å². The first-order valence-corrected chi connectivity index (χ1v) is 10.0. The Kier molecular flexibility index (Phi) is 6.79. The second kappa shape index (κ2) is 9.50. The standard InChI is InChI=1S/C23H24ClN3O3/c1-4-30-22(28)20-7-5-6-8-21(20)26-23(29)25-14-17-13-15(2)27(16(17)3)19-11-9-18(24)10-12-19/h5-13H,4,14H2,1-3H3,(H2,25,26,29). The molecule has 0 saturated heterocycles. The van der Waals surface area contributed by atoms with Crippen LogP contribution in [-0.2, 0) is 11.3 Å². The van der Waals surface area contributed by atoms with E-state index in [-0.39, 0.29) is 6.61 Å². The smallest absolute Gasteiger partial charge is 0.340 e. The highest BCUT2D eigenvalue weighted by molar-refractivity contribution is 6.30. The summed E-state index contributed by atoms with van der Waals surface area (Å²) in [5.74, 6) is -0.472. The monoisotopic (exact) mass is 425 g/mol. The number of ether oxygens (including phenoxy) is 1. The number of urea groups is 1. The van der Waals surface area contributed by atoms with Crippen LogP contribution >= 0.6 is 11.6 Å². The highest BCUT2D eigenvalue weighted by atomic mass is 35.5. The van der Waals surface area contributed by atoms with Gasteiger partial charge in [-0.05, 0) is 68.8 Å². The van der Waals surface area contributed by atoms with Crippen LogP contribution in [-0.4, -0.2) is 23.2 Å². The topological polar surface area (TPSA) is 72.4 Å². The van der Waals surface area contributed by atoms with Gasteiger partial charge in [0.2, 0.25) is 0 Å². The molecule has 0 aliphatic carbocycles. The third kappa shape index (κ3) is 4.83. The lowest BCUT2D eigenvalue weighted by Gasteiger charge is -2.12. The Morgan fingerprint density at radius 3 is 2.47 bits per heavy atom. The van der Waals surface area contributed by atoms with Crippen molar-refractivity contribution < 1.29 is 14.3 Å². The van der Waals surface area contributed by atoms with Gasteiger partial charge in [0.25, 0.3) is 0 Å². The molecule has 6 nitrogen and oxygen atoms in total. The van der Waals surface area contributed by atoms with Crippen molar-refractivity contribution in [2.45, 2.75) is 27.3 Å². The number of amides is 2. The van der Waals surface area contributed by atoms with Crippen LogP contribution in [0.5, 0.6) is 0 Å². The lowest BCUT2D eigenvalue weighted by Crippen LogP contribution is -2.29. The van der Waals surface area contributed by atoms with Crippen LogP contribution in [0.2, 0.25) is 5.02 Å². The highest BCUT2D eigenvalue weighted by Gasteiger charge is 2.15. The number of nitrogens with zero attached hydrogens (tertiary/aromatic N) is 1. The summed E-state index contributed by atoms with van der Waals surface area (Å²) in [7, 11) is 0. The number of nitrogens with one attached hydrogen (secondary N) is 2. The van der Waals surface area contributed by atoms with E-state index in [2.05, 4.69) is 15.2 Å². The number of hydrogen-bond acceptors (Lipinski definition) is 3. The zero-order chi connectivity index (χ0) is 21.7. The van der Waals surface area contributed by atoms with Crippen molar-refractivity contribution in [3.05, 3.63) is 82.1 Å². The maximum absolute atomic E-state index is 12.4. The second-order valence-corrected chi connectivity index (χ2v) is 7.22. The number of aromatic nitrogens is 1. The number of halogens is 1. The number of anilines is 1. The highest BCUT2D eigenvalue weighted by Crippen LogP contribution is 2.22. The third-order valence-corrected chi connectivity index (χ3v) is 4.98. The fourth-order valence-electron chi connectivity index (χ4n) is 3.32. The molecule has 1 heterocycles. The lowest BCUT2D eigenvalue weighted by atomic mass is 10.2. The predicted octanol–water partition coefficient (Wildman–Crippen LogP) is 5.25. The predicted molar refractivity (Wildman–Crippen MR) is 119 cm³/mol. The molecule has 2 N–H and O–H groups in total. The molecule has 156 valence electrons. The van der Waals surface area contributed by atoms with Crippen LogP contribution in [0.3, 0.4) is 0 Å². The van der Waals surface area contributed by atoms with Crippen LogP contribution in [0.15, 0.2) is 54.6 Å². The Morgan fingerprint density at radius 2 is 1.77 bits per heavy atom. The Morgan fingerprint density at radius 1 is 1.07 bits per heavy atom. The van der Waals surface area contributed by atoms with E-state index in [1.54, 1.807) is 31.2 Å². The van der Waals surface area contributed by atoms with Crippen molar-refractivity contribution in [3.63, 3.8) is 0 Å². The molecule has 0 saturated carbocycles. The molecule has 0 radical (unpaired) electrons. The maximum Gasteiger partial charge on any atom is 0.340 e. The Balaban J connectivity index is 1.70. The van der Waals surface area contributed by atoms with E-state index in [4.69, 9.17) is 16.3 Å². The first-order valence-electron chi connectivity index (χ1n) is 9.65. The number of aryl methyl sites for hydroxylation is 1. The van der Waals surface area contributed by atoms with Crippen molar-refractivity contribution in [2.24, 2.45) is 0 Å². The van der Waals surface area contributed by atoms with Gasteiger partial charge in [-0.2, -0.15) is 0 Å². The zero-order valence-corrected chi connectivity index (χ0v) is 17.9. The normalized spacial score (nSPS) is 10.5. The van der Waals surface area contributed by atoms with E-state index in [1.165, 1.54) is 0 Å². The summed E-state index contributed by atoms with van der Waals surface area (Å²) in [5.41, 5.74) is 4.81. The number of esters is 1. The molecule has 0 spiro atoms. The fourth-order valence-corrected chi connectivity index (χ4v) is 3.44. The third-order valence-electron chi connectivity index (χ3n) is 4.73. The van der Waals surface area contributed by atoms with Gasteiger partial charge in [-0.3, -0.25) is 0 Å². The number of carbonyl (C=O) groups is 2. The summed E-state index contributed by atoms with van der Waals surface area (Å²) in [6, 6.07) is 16.0. The second-order valence-electron chi connectivity index (χ2n) is 6.78. The van der Waals surface area contributed by atoms with Gasteiger partial charge in [-0.15, -0.1) is 0 Å². The summed E-state index contributed by atoms with van der Waals surface area (Å²) in [6.45, 7) is 6.37. The molecule has 7 heteroatoms. The van der Waals surface area contributed by atoms with Crippen molar-refractivity contribution in [3.8, 4) is 5.69 Å². The molecular weight excluding hydrogens is 402 g/mol. The van der Waals surface area contributed by atoms with Gasteiger partial charge in [-0.1, -0.05) is 23.7 Å². The first-order chi connectivity index (χ1) is 14.4. The van der Waals surface area contributed by atoms with Crippen LogP contribution in [0.4, 0.5) is 10.5 Å². The quantitative estimate of drug-likeness (QED) is 0.530. The molecule has 0 unspecified atom stereocenters. The molecule has 0 atom stereocenters. The molecule has 30 heavy (non-hydrogen) atoms. The van der Waals surface area contributed by atoms with E-state index < -0.39 is 12.0 Å². The average Bonchev–Trinajstić information content (AvgIpc) is 3.01. The van der Waals surface area contributed by atoms with Crippen LogP contribution < -0.4 is 10.6 Å². The van der Waals surface area contributed by atoms with E-state index in [0.29, 0.717) is 22.8 Å². The van der Waals surface area contributed by atoms with E-state index in [1.807, 2.05) is 44.2 Å². The minimum Gasteiger partial charge on any atom is -0.462 e. The molecule has 2 aromatic carbocycles. The molecule has 1 aromatic heterocycles. The van der Waals surface area contributed by atoms with E-state index >= 15 is 0 Å². The van der Waals surface area contributed by atoms with Crippen LogP contribution in [0.25, 0.3) is 5.69 Å². The van der Waals surface area contributed by atoms with Gasteiger partial charge in [0.1, 0.15) is 0 Å². The maximum atomic E-state index is 12.4. The molecule has 3 rings (SSSR count). The van der Waals surface area contributed by atoms with Crippen molar-refractivity contribution in [1.82, 2.24) is 9.88 Å². The minimum atomic E-state index is -0.472. The summed E-state index contributed by atoms with van der Waals surface area (Å²) in [6.07, 6.45) is 0. The average molecular weight is 426 g/mol. The van der Waals surface area contributed by atoms with Crippen molar-refractivity contribution in [1.29, 1.82) is 0 Å². The minimum absolute atomic E-state index is 0.266. The molecule has 3 aromatic rings. The summed E-state index contributed by atoms with van der Waals surface area (Å²) in [4.78, 5) is 24.5. The van der Waals surface area contributed by atoms with Crippen molar-refractivity contribution >= 4 is 29.3 Å². The summed E-state index contributed by atoms with van der Waals surface area (Å²) < 4.78 is 7.15. The summed E-state index contributed by atoms with van der Waals surface area (Å²) >= 11 is 5.99. The largest absolute Gasteiger partial charge is 0.462 e. The molecule has 0 bridgehead atoms. The zero-order valence-electron chi connectivity index (χ0n) is 17.2. The Bertz CT molecular complexity index is 1060. The van der Waals surface area contributed by atoms with Gasteiger partial charge < -0.3 is 19.9 Å². The number of rotatable bonds is 6. The summed E-state index contributed by atoms with van der Waals surface area (Å²) in [5, 5.41) is 6.26. The fraction of sp³-hybridized carbons (Fsp3) is 0.217. The molecular formula is C23H24ClN3O3. The number of benzene rings is 2. The van der Waals surface area contributed by atoms with Gasteiger partial charge in [-0.25, -0.2) is 9.59 Å². The van der Waals surface area contributed by atoms with Gasteiger partial charge in [0.15, 0.2) is 0 Å². The molecule has 2 amide bonds. The molecule has 0 fully saturated rings. The Labute approximate surface area is 180 Å². The van der Waals surface area contributed by atoms with Crippen LogP contribution in [0.1, 0.15) is 34.2 Å². The first kappa shape index (κ1) is 21.5. The van der Waals surface area contributed by atoms with E-state index in [0.717, 1.165) is 22.6 Å². The molecule has 0 aliphatic rings. The SMILES string of the molecule is CCOC(=O)c1ccccc1NC(=O)NCc1cc(C)n(-c2ccc(Cl)cc2)c1C. The number of hydrogen-bond donors (Lipinski definition) is 2. The van der Waals surface area contributed by atoms with Gasteiger partial charge in [0.05, 0.1) is 17.9 Å². The number of para-hydroxylation sites is 1. The molecule has 0 aliphatic heterocycles. The van der Waals surface area contributed by atoms with Crippen molar-refractivity contribution in [2.75, 3.05) is 11.9 Å². The van der Waals surface area contributed by atoms with Crippen LogP contribution in [0, 0.1) is 13.8 Å². The number of carbonyl (C=O) groups excluding carboxylic acids is 2. The lowest BCUT2D eigenvalue weighted by molar-refractivity contribution is 0.0527. The van der Waals surface area contributed by atoms with Gasteiger partial charge >= 0.3 is 12.0 Å². The Hall–Kier alpha value is -3.25. The van der Waals surface area contributed by atoms with Gasteiger partial charge in [0, 0.05) is 28.6 Å².